The number of fused-ring (bicyclic) bond motifs is 2. The van der Waals surface area contributed by atoms with Gasteiger partial charge in [0.2, 0.25) is 12.5 Å². The number of methoxy groups -OCH3 is 3. The summed E-state index contributed by atoms with van der Waals surface area (Å²) in [5.41, 5.74) is 2.23. The molecule has 0 aromatic heterocycles. The van der Waals surface area contributed by atoms with Gasteiger partial charge >= 0.3 is 0 Å². The van der Waals surface area contributed by atoms with E-state index in [2.05, 4.69) is 0 Å². The summed E-state index contributed by atoms with van der Waals surface area (Å²) in [5.74, 6) is 2.06. The molecule has 3 aliphatic heterocycles. The van der Waals surface area contributed by atoms with Crippen molar-refractivity contribution in [2.45, 2.75) is 83.1 Å². The van der Waals surface area contributed by atoms with Crippen molar-refractivity contribution in [2.75, 3.05) is 61.2 Å². The Morgan fingerprint density at radius 3 is 2.28 bits per heavy atom. The molecule has 0 amide bonds. The van der Waals surface area contributed by atoms with Gasteiger partial charge in [0.25, 0.3) is 12.9 Å². The zero-order valence-electron chi connectivity index (χ0n) is 31.9. The third-order valence-electron chi connectivity index (χ3n) is 9.39. The van der Waals surface area contributed by atoms with E-state index in [0.29, 0.717) is 55.8 Å². The van der Waals surface area contributed by atoms with Gasteiger partial charge in [-0.2, -0.15) is 0 Å². The molecule has 2 aromatic rings. The van der Waals surface area contributed by atoms with Crippen LogP contribution < -0.4 is 23.7 Å². The molecule has 4 aliphatic rings. The Labute approximate surface area is 315 Å². The molecule has 8 atom stereocenters. The summed E-state index contributed by atoms with van der Waals surface area (Å²) in [7, 11) is 4.65. The number of ether oxygens (including phenoxy) is 12. The van der Waals surface area contributed by atoms with Gasteiger partial charge in [-0.25, -0.2) is 0 Å². The molecule has 3 heterocycles. The Kier molecular flexibility index (Phi) is 16.6. The lowest BCUT2D eigenvalue weighted by atomic mass is 9.75. The molecule has 0 spiro atoms. The van der Waals surface area contributed by atoms with Crippen LogP contribution in [0.3, 0.4) is 0 Å². The smallest absolute Gasteiger partial charge is 0.298 e. The molecule has 2 fully saturated rings. The normalized spacial score (nSPS) is 26.6. The van der Waals surface area contributed by atoms with E-state index in [4.69, 9.17) is 56.8 Å². The molecule has 6 rings (SSSR count). The first kappa shape index (κ1) is 43.0. The van der Waals surface area contributed by atoms with Gasteiger partial charge in [-0.05, 0) is 69.0 Å². The Bertz CT molecular complexity index is 1440. The van der Waals surface area contributed by atoms with Crippen LogP contribution in [0.15, 0.2) is 30.3 Å². The lowest BCUT2D eigenvalue weighted by Crippen LogP contribution is -2.33. The molecule has 2 saturated heterocycles. The minimum absolute atomic E-state index is 0.0583. The highest BCUT2D eigenvalue weighted by molar-refractivity contribution is 5.57. The monoisotopic (exact) mass is 766 g/mol. The van der Waals surface area contributed by atoms with Crippen LogP contribution in [0.2, 0.25) is 0 Å². The highest BCUT2D eigenvalue weighted by atomic mass is 16.7. The standard InChI is InChI=1S/C22H30O9.C9H10O4.C7H14O3/c1-12-20(9-27-13(2)24)31-22(21(12)25)28-8-17-15(7-26-10-23)4-3-14-5-18-19(6-16(14)17)30-11-29-18;1-11-7-4-3-5-8(12-2)9(7)13-6-10;1-7(2)9-5-6(10-7)4-8-3/h5-6,10,12-13,15,17,20-22,24-25H,3-4,7-9,11H2,1-2H3;3-6H,1-2H3;6H,4-5H2,1-3H3. The van der Waals surface area contributed by atoms with Crippen molar-refractivity contribution in [2.24, 2.45) is 11.8 Å². The highest BCUT2D eigenvalue weighted by Crippen LogP contribution is 2.44. The number of hydrogen-bond acceptors (Lipinski definition) is 16. The van der Waals surface area contributed by atoms with Crippen LogP contribution >= 0.6 is 0 Å². The summed E-state index contributed by atoms with van der Waals surface area (Å²) in [5, 5.41) is 19.9. The molecule has 8 unspecified atom stereocenters. The van der Waals surface area contributed by atoms with E-state index in [1.54, 1.807) is 25.3 Å². The van der Waals surface area contributed by atoms with Crippen LogP contribution in [-0.4, -0.2) is 121 Å². The fraction of sp³-hybridized carbons (Fsp3) is 0.632. The minimum Gasteiger partial charge on any atom is -0.493 e. The second-order valence-electron chi connectivity index (χ2n) is 13.5. The van der Waals surface area contributed by atoms with Crippen LogP contribution in [0.25, 0.3) is 0 Å². The van der Waals surface area contributed by atoms with E-state index in [1.165, 1.54) is 21.1 Å². The van der Waals surface area contributed by atoms with E-state index in [-0.39, 0.29) is 50.0 Å². The van der Waals surface area contributed by atoms with Gasteiger partial charge in [0.1, 0.15) is 12.2 Å². The van der Waals surface area contributed by atoms with Crippen LogP contribution in [0, 0.1) is 11.8 Å². The van der Waals surface area contributed by atoms with Gasteiger partial charge in [-0.15, -0.1) is 0 Å². The van der Waals surface area contributed by atoms with Crippen molar-refractivity contribution in [3.8, 4) is 28.7 Å². The molecule has 0 radical (unpaired) electrons. The second kappa shape index (κ2) is 20.8. The zero-order valence-corrected chi connectivity index (χ0v) is 31.9. The van der Waals surface area contributed by atoms with Crippen molar-refractivity contribution in [1.82, 2.24) is 0 Å². The zero-order chi connectivity index (χ0) is 39.3. The third-order valence-corrected chi connectivity index (χ3v) is 9.39. The van der Waals surface area contributed by atoms with Gasteiger partial charge in [0.15, 0.2) is 41.4 Å². The molecule has 54 heavy (non-hydrogen) atoms. The molecular formula is C38H54O16. The van der Waals surface area contributed by atoms with Crippen molar-refractivity contribution in [3.05, 3.63) is 41.5 Å². The molecule has 0 saturated carbocycles. The van der Waals surface area contributed by atoms with Crippen LogP contribution in [-0.2, 0) is 49.2 Å². The number of carbonyl (C=O) groups excluding carboxylic acids is 2. The first-order valence-corrected chi connectivity index (χ1v) is 17.8. The van der Waals surface area contributed by atoms with Gasteiger partial charge in [0.05, 0.1) is 53.4 Å². The first-order chi connectivity index (χ1) is 25.9. The molecule has 16 heteroatoms. The Morgan fingerprint density at radius 1 is 0.981 bits per heavy atom. The average Bonchev–Trinajstić information content (AvgIpc) is 3.84. The van der Waals surface area contributed by atoms with Gasteiger partial charge in [0, 0.05) is 24.9 Å². The SMILES string of the molecule is CC(O)OCC1OC(OCC2c3cc4c(cc3CCC2COC=O)OCO4)C(O)C1C.COCC1COC(C)(C)O1.COc1cccc(OC)c1OC=O. The molecular weight excluding hydrogens is 712 g/mol. The second-order valence-corrected chi connectivity index (χ2v) is 13.5. The molecule has 1 aliphatic carbocycles. The van der Waals surface area contributed by atoms with Gasteiger partial charge < -0.3 is 67.1 Å². The fourth-order valence-electron chi connectivity index (χ4n) is 6.56. The van der Waals surface area contributed by atoms with Crippen LogP contribution in [0.5, 0.6) is 28.7 Å². The van der Waals surface area contributed by atoms with E-state index in [1.807, 2.05) is 32.9 Å². The molecule has 2 N–H and O–H groups in total. The lowest BCUT2D eigenvalue weighted by Gasteiger charge is -2.34. The molecule has 16 nitrogen and oxygen atoms in total. The molecule has 302 valence electrons. The van der Waals surface area contributed by atoms with Crippen molar-refractivity contribution in [3.63, 3.8) is 0 Å². The molecule has 0 bridgehead atoms. The molecule has 2 aromatic carbocycles. The number of aliphatic hydroxyl groups is 2. The van der Waals surface area contributed by atoms with E-state index in [0.717, 1.165) is 29.7 Å². The Morgan fingerprint density at radius 2 is 1.69 bits per heavy atom. The lowest BCUT2D eigenvalue weighted by molar-refractivity contribution is -0.187. The quantitative estimate of drug-likeness (QED) is 0.198. The number of carbonyl (C=O) groups is 2. The maximum atomic E-state index is 10.8. The van der Waals surface area contributed by atoms with Crippen molar-refractivity contribution < 1.29 is 76.6 Å². The number of para-hydroxylation sites is 1. The highest BCUT2D eigenvalue weighted by Gasteiger charge is 2.43. The fourth-order valence-corrected chi connectivity index (χ4v) is 6.56. The van der Waals surface area contributed by atoms with E-state index in [9.17, 15) is 19.8 Å². The Hall–Kier alpha value is -3.74. The average molecular weight is 767 g/mol. The van der Waals surface area contributed by atoms with E-state index >= 15 is 0 Å². The topological polar surface area (TPSA) is 185 Å². The maximum absolute atomic E-state index is 10.8. The predicted octanol–water partition coefficient (Wildman–Crippen LogP) is 3.35. The number of aryl methyl sites for hydroxylation is 1. The maximum Gasteiger partial charge on any atom is 0.298 e. The van der Waals surface area contributed by atoms with Gasteiger partial charge in [-0.3, -0.25) is 9.59 Å². The van der Waals surface area contributed by atoms with Crippen LogP contribution in [0.1, 0.15) is 51.2 Å². The predicted molar refractivity (Wildman–Crippen MR) is 190 cm³/mol. The summed E-state index contributed by atoms with van der Waals surface area (Å²) in [6.45, 7) is 10.2. The summed E-state index contributed by atoms with van der Waals surface area (Å²) >= 11 is 0. The number of aliphatic hydroxyl groups excluding tert-OH is 2. The number of hydrogen-bond donors (Lipinski definition) is 2. The van der Waals surface area contributed by atoms with Crippen LogP contribution in [0.4, 0.5) is 0 Å². The van der Waals surface area contributed by atoms with Gasteiger partial charge in [-0.1, -0.05) is 13.0 Å². The largest absolute Gasteiger partial charge is 0.493 e. The van der Waals surface area contributed by atoms with Crippen molar-refractivity contribution in [1.29, 1.82) is 0 Å². The van der Waals surface area contributed by atoms with Crippen molar-refractivity contribution >= 4 is 12.9 Å². The van der Waals surface area contributed by atoms with E-state index < -0.39 is 24.5 Å². The Balaban J connectivity index is 0.000000231. The number of rotatable bonds is 15. The summed E-state index contributed by atoms with van der Waals surface area (Å²) < 4.78 is 63.6. The summed E-state index contributed by atoms with van der Waals surface area (Å²) in [4.78, 5) is 20.9. The first-order valence-electron chi connectivity index (χ1n) is 17.8. The summed E-state index contributed by atoms with van der Waals surface area (Å²) in [6, 6.07) is 9.10. The summed E-state index contributed by atoms with van der Waals surface area (Å²) in [6.07, 6.45) is -1.11. The third kappa shape index (κ3) is 11.6. The minimum atomic E-state index is -0.904. The number of benzene rings is 2.